The van der Waals surface area contributed by atoms with Crippen LogP contribution in [0.15, 0.2) is 24.3 Å². The maximum Gasteiger partial charge on any atom is 0.215 e. The highest BCUT2D eigenvalue weighted by atomic mass is 32.2. The van der Waals surface area contributed by atoms with E-state index < -0.39 is 15.4 Å². The monoisotopic (exact) mass is 394 g/mol. The van der Waals surface area contributed by atoms with Crippen LogP contribution in [0.25, 0.3) is 0 Å². The summed E-state index contributed by atoms with van der Waals surface area (Å²) in [4.78, 5) is 14.6. The number of para-hydroxylation sites is 1. The molecule has 1 aromatic rings. The highest BCUT2D eigenvalue weighted by Crippen LogP contribution is 2.64. The molecule has 1 saturated heterocycles. The van der Waals surface area contributed by atoms with E-state index in [0.717, 1.165) is 6.42 Å². The zero-order valence-electron chi connectivity index (χ0n) is 15.9. The first kappa shape index (κ1) is 18.9. The first-order chi connectivity index (χ1) is 12.7. The molecule has 2 bridgehead atoms. The van der Waals surface area contributed by atoms with Gasteiger partial charge < -0.3 is 4.90 Å². The lowest BCUT2D eigenvalue weighted by atomic mass is 9.70. The van der Waals surface area contributed by atoms with E-state index in [9.17, 15) is 17.6 Å². The fraction of sp³-hybridized carbons (Fsp3) is 0.650. The Morgan fingerprint density at radius 1 is 1.15 bits per heavy atom. The zero-order valence-corrected chi connectivity index (χ0v) is 16.8. The highest BCUT2D eigenvalue weighted by Gasteiger charge is 2.65. The number of sulfonamides is 1. The lowest BCUT2D eigenvalue weighted by molar-refractivity contribution is -0.128. The van der Waals surface area contributed by atoms with Crippen molar-refractivity contribution in [3.8, 4) is 0 Å². The number of fused-ring (bicyclic) bond motifs is 2. The molecular formula is C20H27FN2O3S. The summed E-state index contributed by atoms with van der Waals surface area (Å²) in [5, 5.41) is 0. The van der Waals surface area contributed by atoms with Gasteiger partial charge in [0.1, 0.15) is 11.6 Å². The van der Waals surface area contributed by atoms with Crippen molar-refractivity contribution in [2.24, 2.45) is 16.7 Å². The van der Waals surface area contributed by atoms with Crippen molar-refractivity contribution < 1.29 is 17.6 Å². The molecule has 3 fully saturated rings. The van der Waals surface area contributed by atoms with Gasteiger partial charge in [0.25, 0.3) is 0 Å². The summed E-state index contributed by atoms with van der Waals surface area (Å²) in [5.41, 5.74) is -0.482. The number of halogens is 1. The van der Waals surface area contributed by atoms with Gasteiger partial charge in [-0.3, -0.25) is 4.79 Å². The molecule has 1 aromatic carbocycles. The highest BCUT2D eigenvalue weighted by molar-refractivity contribution is 7.89. The maximum absolute atomic E-state index is 14.0. The summed E-state index contributed by atoms with van der Waals surface area (Å²) in [6, 6.07) is 6.57. The van der Waals surface area contributed by atoms with E-state index in [4.69, 9.17) is 0 Å². The van der Waals surface area contributed by atoms with Gasteiger partial charge in [-0.1, -0.05) is 26.0 Å². The fourth-order valence-corrected chi connectivity index (χ4v) is 7.63. The zero-order chi connectivity index (χ0) is 19.4. The number of benzene rings is 1. The largest absolute Gasteiger partial charge is 0.367 e. The Bertz CT molecular complexity index is 862. The molecule has 0 spiro atoms. The van der Waals surface area contributed by atoms with Crippen LogP contribution in [0.4, 0.5) is 10.1 Å². The third-order valence-electron chi connectivity index (χ3n) is 7.39. The molecule has 2 atom stereocenters. The van der Waals surface area contributed by atoms with Gasteiger partial charge in [-0.05, 0) is 36.3 Å². The van der Waals surface area contributed by atoms with Gasteiger partial charge in [-0.15, -0.1) is 0 Å². The number of hydrogen-bond donors (Lipinski definition) is 0. The molecule has 0 radical (unpaired) electrons. The van der Waals surface area contributed by atoms with E-state index in [2.05, 4.69) is 13.8 Å². The van der Waals surface area contributed by atoms with Crippen LogP contribution in [0.2, 0.25) is 0 Å². The van der Waals surface area contributed by atoms with Crippen LogP contribution in [-0.4, -0.2) is 50.4 Å². The minimum Gasteiger partial charge on any atom is -0.367 e. The fourth-order valence-electron chi connectivity index (χ4n) is 5.43. The average molecular weight is 395 g/mol. The van der Waals surface area contributed by atoms with Crippen LogP contribution in [0.3, 0.4) is 0 Å². The summed E-state index contributed by atoms with van der Waals surface area (Å²) in [5.74, 6) is 0.0561. The van der Waals surface area contributed by atoms with Crippen molar-refractivity contribution in [2.45, 2.75) is 33.1 Å². The third-order valence-corrected chi connectivity index (χ3v) is 9.40. The molecule has 1 aliphatic heterocycles. The molecule has 2 aliphatic carbocycles. The average Bonchev–Trinajstić information content (AvgIpc) is 2.96. The van der Waals surface area contributed by atoms with E-state index >= 15 is 0 Å². The van der Waals surface area contributed by atoms with Crippen molar-refractivity contribution in [3.63, 3.8) is 0 Å². The molecule has 148 valence electrons. The molecule has 0 unspecified atom stereocenters. The van der Waals surface area contributed by atoms with Crippen LogP contribution >= 0.6 is 0 Å². The molecule has 5 nitrogen and oxygen atoms in total. The van der Waals surface area contributed by atoms with Crippen molar-refractivity contribution >= 4 is 21.5 Å². The van der Waals surface area contributed by atoms with Crippen molar-refractivity contribution in [1.82, 2.24) is 4.31 Å². The Morgan fingerprint density at radius 3 is 2.37 bits per heavy atom. The number of nitrogens with zero attached hydrogens (tertiary/aromatic N) is 2. The summed E-state index contributed by atoms with van der Waals surface area (Å²) in [6.07, 6.45) is 2.14. The summed E-state index contributed by atoms with van der Waals surface area (Å²) < 4.78 is 41.8. The summed E-state index contributed by atoms with van der Waals surface area (Å²) >= 11 is 0. The minimum absolute atomic E-state index is 0.0813. The van der Waals surface area contributed by atoms with Gasteiger partial charge in [0, 0.05) is 38.0 Å². The van der Waals surface area contributed by atoms with Crippen molar-refractivity contribution in [3.05, 3.63) is 30.1 Å². The first-order valence-corrected chi connectivity index (χ1v) is 11.3. The van der Waals surface area contributed by atoms with Crippen LogP contribution in [-0.2, 0) is 14.8 Å². The molecule has 4 rings (SSSR count). The molecule has 1 heterocycles. The van der Waals surface area contributed by atoms with E-state index in [0.29, 0.717) is 50.6 Å². The molecular weight excluding hydrogens is 367 g/mol. The molecule has 0 amide bonds. The lowest BCUT2D eigenvalue weighted by Gasteiger charge is -2.40. The van der Waals surface area contributed by atoms with Gasteiger partial charge in [0.15, 0.2) is 0 Å². The predicted molar refractivity (Wildman–Crippen MR) is 103 cm³/mol. The standard InChI is InChI=1S/C20H27FN2O3S/c1-19(2)15-7-8-20(19,18(24)13-15)14-27(25,26)23-11-9-22(10-12-23)17-6-4-3-5-16(17)21/h3-6,15H,7-14H2,1-2H3/t15-,20-/m0/s1. The molecule has 2 saturated carbocycles. The SMILES string of the molecule is CC1(C)[C@H]2CC[C@]1(CS(=O)(=O)N1CCN(c3ccccc3F)CC1)C(=O)C2. The number of carbonyl (C=O) groups is 1. The quantitative estimate of drug-likeness (QED) is 0.788. The number of anilines is 1. The summed E-state index contributed by atoms with van der Waals surface area (Å²) in [7, 11) is -3.54. The number of piperazine rings is 1. The van der Waals surface area contributed by atoms with Crippen molar-refractivity contribution in [2.75, 3.05) is 36.8 Å². The summed E-state index contributed by atoms with van der Waals surface area (Å²) in [6.45, 7) is 5.66. The molecule has 7 heteroatoms. The van der Waals surface area contributed by atoms with Gasteiger partial charge >= 0.3 is 0 Å². The second kappa shape index (κ2) is 6.27. The molecule has 27 heavy (non-hydrogen) atoms. The van der Waals surface area contributed by atoms with E-state index in [1.165, 1.54) is 10.4 Å². The van der Waals surface area contributed by atoms with E-state index in [-0.39, 0.29) is 22.8 Å². The van der Waals surface area contributed by atoms with Gasteiger partial charge in [-0.2, -0.15) is 4.31 Å². The third kappa shape index (κ3) is 2.81. The Kier molecular flexibility index (Phi) is 4.38. The number of rotatable bonds is 4. The Hall–Kier alpha value is -1.47. The molecule has 0 N–H and O–H groups in total. The number of carbonyl (C=O) groups excluding carboxylic acids is 1. The van der Waals surface area contributed by atoms with E-state index in [1.807, 2.05) is 4.90 Å². The normalized spacial score (nSPS) is 30.9. The smallest absolute Gasteiger partial charge is 0.215 e. The predicted octanol–water partition coefficient (Wildman–Crippen LogP) is 2.67. The van der Waals surface area contributed by atoms with Gasteiger partial charge in [0.05, 0.1) is 11.4 Å². The maximum atomic E-state index is 14.0. The second-order valence-electron chi connectivity index (χ2n) is 8.76. The number of ketones is 1. The first-order valence-electron chi connectivity index (χ1n) is 9.68. The lowest BCUT2D eigenvalue weighted by Crippen LogP contribution is -2.53. The van der Waals surface area contributed by atoms with Gasteiger partial charge in [0.2, 0.25) is 10.0 Å². The Morgan fingerprint density at radius 2 is 1.81 bits per heavy atom. The van der Waals surface area contributed by atoms with Crippen LogP contribution in [0.1, 0.15) is 33.1 Å². The van der Waals surface area contributed by atoms with Crippen LogP contribution in [0.5, 0.6) is 0 Å². The second-order valence-corrected chi connectivity index (χ2v) is 10.7. The minimum atomic E-state index is -3.54. The van der Waals surface area contributed by atoms with E-state index in [1.54, 1.807) is 18.2 Å². The Labute approximate surface area is 160 Å². The van der Waals surface area contributed by atoms with Crippen LogP contribution < -0.4 is 4.90 Å². The van der Waals surface area contributed by atoms with Crippen molar-refractivity contribution in [1.29, 1.82) is 0 Å². The number of hydrogen-bond acceptors (Lipinski definition) is 4. The van der Waals surface area contributed by atoms with Crippen LogP contribution in [0, 0.1) is 22.6 Å². The molecule has 3 aliphatic rings. The van der Waals surface area contributed by atoms with Gasteiger partial charge in [-0.25, -0.2) is 12.8 Å². The number of Topliss-reactive ketones (excluding diaryl/α,β-unsaturated/α-hetero) is 1. The Balaban J connectivity index is 1.48. The topological polar surface area (TPSA) is 57.7 Å². The molecule has 0 aromatic heterocycles.